The zero-order valence-electron chi connectivity index (χ0n) is 10.9. The highest BCUT2D eigenvalue weighted by Gasteiger charge is 2.27. The second-order valence-corrected chi connectivity index (χ2v) is 4.99. The Balaban J connectivity index is 2.52. The van der Waals surface area contributed by atoms with Crippen LogP contribution in [0, 0.1) is 17.2 Å². The normalized spacial score (nSPS) is 27.5. The molecule has 98 valence electrons. The number of aliphatic hydroxyl groups excluding tert-OH is 1. The molecule has 4 heteroatoms. The van der Waals surface area contributed by atoms with Crippen molar-refractivity contribution >= 4 is 0 Å². The predicted molar refractivity (Wildman–Crippen MR) is 66.5 cm³/mol. The molecule has 0 heterocycles. The van der Waals surface area contributed by atoms with Crippen LogP contribution in [0.5, 0.6) is 0 Å². The smallest absolute Gasteiger partial charge is 0.0900 e. The van der Waals surface area contributed by atoms with Crippen LogP contribution in [0.15, 0.2) is 0 Å². The van der Waals surface area contributed by atoms with Crippen LogP contribution in [0.25, 0.3) is 0 Å². The summed E-state index contributed by atoms with van der Waals surface area (Å²) in [6.45, 7) is 0.935. The summed E-state index contributed by atoms with van der Waals surface area (Å²) in [4.78, 5) is 2.13. The maximum absolute atomic E-state index is 9.73. The minimum atomic E-state index is -0.465. The maximum atomic E-state index is 9.73. The Morgan fingerprint density at radius 3 is 2.76 bits per heavy atom. The summed E-state index contributed by atoms with van der Waals surface area (Å²) in [7, 11) is 3.59. The lowest BCUT2D eigenvalue weighted by Crippen LogP contribution is -2.42. The molecule has 3 unspecified atom stereocenters. The van der Waals surface area contributed by atoms with E-state index in [9.17, 15) is 10.4 Å². The summed E-state index contributed by atoms with van der Waals surface area (Å²) >= 11 is 0. The van der Waals surface area contributed by atoms with Crippen molar-refractivity contribution in [3.05, 3.63) is 0 Å². The van der Waals surface area contributed by atoms with Gasteiger partial charge in [-0.1, -0.05) is 19.3 Å². The molecular weight excluding hydrogens is 216 g/mol. The first-order chi connectivity index (χ1) is 8.19. The van der Waals surface area contributed by atoms with Crippen molar-refractivity contribution in [2.75, 3.05) is 27.3 Å². The van der Waals surface area contributed by atoms with Crippen molar-refractivity contribution < 1.29 is 9.84 Å². The fourth-order valence-electron chi connectivity index (χ4n) is 2.68. The van der Waals surface area contributed by atoms with Crippen LogP contribution in [-0.2, 0) is 4.74 Å². The molecule has 0 aliphatic heterocycles. The summed E-state index contributed by atoms with van der Waals surface area (Å²) in [5, 5.41) is 18.9. The average Bonchev–Trinajstić information content (AvgIpc) is 2.53. The number of nitriles is 1. The standard InChI is InChI=1S/C13H24N2O2/c1-15(9-12(16)10-17-2)13-7-5-3-4-6-11(13)8-14/h11-13,16H,3-7,9-10H2,1-2H3. The van der Waals surface area contributed by atoms with E-state index in [2.05, 4.69) is 11.0 Å². The van der Waals surface area contributed by atoms with Gasteiger partial charge in [0.2, 0.25) is 0 Å². The van der Waals surface area contributed by atoms with Crippen LogP contribution < -0.4 is 0 Å². The number of likely N-dealkylation sites (N-methyl/N-ethyl adjacent to an activating group) is 1. The summed E-state index contributed by atoms with van der Waals surface area (Å²) in [6, 6.07) is 2.71. The molecule has 1 fully saturated rings. The second kappa shape index (κ2) is 7.65. The van der Waals surface area contributed by atoms with Gasteiger partial charge in [-0.15, -0.1) is 0 Å². The zero-order valence-corrected chi connectivity index (χ0v) is 10.9. The SMILES string of the molecule is COCC(O)CN(C)C1CCCCCC1C#N. The quantitative estimate of drug-likeness (QED) is 0.738. The van der Waals surface area contributed by atoms with Gasteiger partial charge in [0.05, 0.1) is 24.7 Å². The van der Waals surface area contributed by atoms with Crippen molar-refractivity contribution in [3.63, 3.8) is 0 Å². The molecule has 0 spiro atoms. The van der Waals surface area contributed by atoms with Gasteiger partial charge in [0.15, 0.2) is 0 Å². The Kier molecular flexibility index (Phi) is 6.49. The van der Waals surface area contributed by atoms with Crippen molar-refractivity contribution in [1.82, 2.24) is 4.90 Å². The first-order valence-electron chi connectivity index (χ1n) is 6.46. The molecule has 0 saturated heterocycles. The van der Waals surface area contributed by atoms with Gasteiger partial charge in [-0.05, 0) is 19.9 Å². The topological polar surface area (TPSA) is 56.5 Å². The van der Waals surface area contributed by atoms with Crippen LogP contribution >= 0.6 is 0 Å². The van der Waals surface area contributed by atoms with Crippen molar-refractivity contribution in [2.24, 2.45) is 5.92 Å². The number of methoxy groups -OCH3 is 1. The third-order valence-corrected chi connectivity index (χ3v) is 3.57. The number of hydrogen-bond donors (Lipinski definition) is 1. The predicted octanol–water partition coefficient (Wildman–Crippen LogP) is 1.40. The summed E-state index contributed by atoms with van der Waals surface area (Å²) in [5.41, 5.74) is 0. The first-order valence-corrected chi connectivity index (χ1v) is 6.46. The van der Waals surface area contributed by atoms with Crippen molar-refractivity contribution in [3.8, 4) is 6.07 Å². The van der Waals surface area contributed by atoms with E-state index in [-0.39, 0.29) is 12.0 Å². The summed E-state index contributed by atoms with van der Waals surface area (Å²) in [5.74, 6) is 0.109. The van der Waals surface area contributed by atoms with Gasteiger partial charge in [-0.25, -0.2) is 0 Å². The monoisotopic (exact) mass is 240 g/mol. The molecule has 0 radical (unpaired) electrons. The number of hydrogen-bond acceptors (Lipinski definition) is 4. The van der Waals surface area contributed by atoms with E-state index in [1.807, 2.05) is 7.05 Å². The Morgan fingerprint density at radius 1 is 1.41 bits per heavy atom. The molecular formula is C13H24N2O2. The van der Waals surface area contributed by atoms with Crippen LogP contribution in [0.4, 0.5) is 0 Å². The van der Waals surface area contributed by atoms with E-state index in [0.29, 0.717) is 13.2 Å². The zero-order chi connectivity index (χ0) is 12.7. The molecule has 0 aromatic carbocycles. The van der Waals surface area contributed by atoms with E-state index in [4.69, 9.17) is 4.74 Å². The molecule has 4 nitrogen and oxygen atoms in total. The van der Waals surface area contributed by atoms with Gasteiger partial charge >= 0.3 is 0 Å². The third-order valence-electron chi connectivity index (χ3n) is 3.57. The number of nitrogens with zero attached hydrogens (tertiary/aromatic N) is 2. The highest BCUT2D eigenvalue weighted by Crippen LogP contribution is 2.26. The van der Waals surface area contributed by atoms with E-state index in [1.54, 1.807) is 7.11 Å². The molecule has 0 aromatic rings. The van der Waals surface area contributed by atoms with E-state index < -0.39 is 6.10 Å². The molecule has 1 saturated carbocycles. The Labute approximate surface area is 104 Å². The second-order valence-electron chi connectivity index (χ2n) is 4.99. The van der Waals surface area contributed by atoms with Crippen LogP contribution in [0.1, 0.15) is 32.1 Å². The first kappa shape index (κ1) is 14.4. The third kappa shape index (κ3) is 4.63. The Hall–Kier alpha value is -0.630. The molecule has 1 aliphatic carbocycles. The average molecular weight is 240 g/mol. The highest BCUT2D eigenvalue weighted by atomic mass is 16.5. The summed E-state index contributed by atoms with van der Waals surface area (Å²) in [6.07, 6.45) is 5.16. The molecule has 0 amide bonds. The number of ether oxygens (including phenoxy) is 1. The molecule has 0 bridgehead atoms. The van der Waals surface area contributed by atoms with Crippen molar-refractivity contribution in [2.45, 2.75) is 44.2 Å². The van der Waals surface area contributed by atoms with E-state index >= 15 is 0 Å². The van der Waals surface area contributed by atoms with E-state index in [1.165, 1.54) is 12.8 Å². The lowest BCUT2D eigenvalue weighted by atomic mass is 9.95. The largest absolute Gasteiger partial charge is 0.389 e. The fourth-order valence-corrected chi connectivity index (χ4v) is 2.68. The Bertz CT molecular complexity index is 252. The van der Waals surface area contributed by atoms with Crippen LogP contribution in [-0.4, -0.2) is 49.5 Å². The van der Waals surface area contributed by atoms with Crippen LogP contribution in [0.3, 0.4) is 0 Å². The molecule has 0 aromatic heterocycles. The Morgan fingerprint density at radius 2 is 2.12 bits per heavy atom. The fraction of sp³-hybridized carbons (Fsp3) is 0.923. The van der Waals surface area contributed by atoms with Gasteiger partial charge in [-0.2, -0.15) is 5.26 Å². The van der Waals surface area contributed by atoms with E-state index in [0.717, 1.165) is 19.3 Å². The van der Waals surface area contributed by atoms with Crippen molar-refractivity contribution in [1.29, 1.82) is 5.26 Å². The minimum Gasteiger partial charge on any atom is -0.389 e. The molecule has 3 atom stereocenters. The molecule has 1 aliphatic rings. The highest BCUT2D eigenvalue weighted by molar-refractivity contribution is 4.94. The maximum Gasteiger partial charge on any atom is 0.0900 e. The molecule has 1 rings (SSSR count). The van der Waals surface area contributed by atoms with Gasteiger partial charge in [0, 0.05) is 19.7 Å². The van der Waals surface area contributed by atoms with Gasteiger partial charge < -0.3 is 9.84 Å². The minimum absolute atomic E-state index is 0.109. The summed E-state index contributed by atoms with van der Waals surface area (Å²) < 4.78 is 4.93. The molecule has 1 N–H and O–H groups in total. The van der Waals surface area contributed by atoms with Crippen LogP contribution in [0.2, 0.25) is 0 Å². The number of rotatable bonds is 5. The lowest BCUT2D eigenvalue weighted by Gasteiger charge is -2.31. The lowest BCUT2D eigenvalue weighted by molar-refractivity contribution is 0.0289. The number of aliphatic hydroxyl groups is 1. The van der Waals surface area contributed by atoms with Gasteiger partial charge in [0.25, 0.3) is 0 Å². The van der Waals surface area contributed by atoms with Gasteiger partial charge in [0.1, 0.15) is 0 Å². The molecule has 17 heavy (non-hydrogen) atoms. The van der Waals surface area contributed by atoms with Gasteiger partial charge in [-0.3, -0.25) is 4.90 Å².